The molecule has 15 nitrogen and oxygen atoms in total. The summed E-state index contributed by atoms with van der Waals surface area (Å²) in [6.07, 6.45) is -6.52. The number of benzene rings is 1. The lowest BCUT2D eigenvalue weighted by Gasteiger charge is -2.44. The molecule has 2 N–H and O–H groups in total. The van der Waals surface area contributed by atoms with E-state index in [4.69, 9.17) is 35.9 Å². The largest absolute Gasteiger partial charge is 0.463 e. The van der Waals surface area contributed by atoms with E-state index < -0.39 is 66.1 Å². The lowest BCUT2D eigenvalue weighted by molar-refractivity contribution is -0.384. The highest BCUT2D eigenvalue weighted by molar-refractivity contribution is 7.80. The number of hydrogen-bond donors (Lipinski definition) is 2. The summed E-state index contributed by atoms with van der Waals surface area (Å²) in [6, 6.07) is 5.78. The van der Waals surface area contributed by atoms with E-state index in [1.165, 1.54) is 18.2 Å². The molecular weight excluding hydrogens is 540 g/mol. The standard InChI is InChI=1S/C23H28N4O11S/c1-11(16-7-6-8-17(9-16)27(32)33)25-26-23(39)24-22-21(37-15(5)31)20(36-14(4)30)19(35-13(3)29)18(38-22)10-34-12(2)28/h6-9,18-22H,10H2,1-5H3,(H2,24,26,39)/b25-11+/t18-,19-,20+,21-,22-/m1/s1. The van der Waals surface area contributed by atoms with Gasteiger partial charge in [-0.3, -0.25) is 34.7 Å². The second-order valence-corrected chi connectivity index (χ2v) is 8.62. The summed E-state index contributed by atoms with van der Waals surface area (Å²) in [4.78, 5) is 57.5. The van der Waals surface area contributed by atoms with Crippen molar-refractivity contribution in [1.82, 2.24) is 10.7 Å². The molecule has 39 heavy (non-hydrogen) atoms. The van der Waals surface area contributed by atoms with Gasteiger partial charge in [0, 0.05) is 45.4 Å². The number of hydrogen-bond acceptors (Lipinski definition) is 13. The molecule has 0 aromatic heterocycles. The molecule has 1 saturated heterocycles. The first-order valence-electron chi connectivity index (χ1n) is 11.4. The average molecular weight is 569 g/mol. The fourth-order valence-electron chi connectivity index (χ4n) is 3.55. The zero-order valence-corrected chi connectivity index (χ0v) is 22.5. The zero-order chi connectivity index (χ0) is 29.3. The Morgan fingerprint density at radius 2 is 1.56 bits per heavy atom. The highest BCUT2D eigenvalue weighted by atomic mass is 32.1. The summed E-state index contributed by atoms with van der Waals surface area (Å²) in [6.45, 7) is 5.66. The minimum absolute atomic E-state index is 0.125. The number of nitrogens with one attached hydrogen (secondary N) is 2. The van der Waals surface area contributed by atoms with Crippen LogP contribution in [0.4, 0.5) is 5.69 Å². The molecule has 1 aromatic carbocycles. The smallest absolute Gasteiger partial charge is 0.303 e. The van der Waals surface area contributed by atoms with E-state index in [0.29, 0.717) is 11.3 Å². The van der Waals surface area contributed by atoms with Gasteiger partial charge in [0.05, 0.1) is 10.6 Å². The van der Waals surface area contributed by atoms with Crippen LogP contribution in [-0.2, 0) is 42.9 Å². The van der Waals surface area contributed by atoms with Crippen LogP contribution in [0.2, 0.25) is 0 Å². The van der Waals surface area contributed by atoms with Crippen LogP contribution in [-0.4, -0.2) is 76.9 Å². The molecule has 1 heterocycles. The number of nitro groups is 1. The molecule has 0 amide bonds. The molecule has 1 aliphatic heterocycles. The van der Waals surface area contributed by atoms with Gasteiger partial charge in [-0.2, -0.15) is 5.10 Å². The summed E-state index contributed by atoms with van der Waals surface area (Å²) >= 11 is 5.27. The number of thiocarbonyl (C=S) groups is 1. The zero-order valence-electron chi connectivity index (χ0n) is 21.7. The Labute approximate surface area is 228 Å². The van der Waals surface area contributed by atoms with E-state index in [1.807, 2.05) is 0 Å². The number of carbonyl (C=O) groups excluding carboxylic acids is 4. The van der Waals surface area contributed by atoms with E-state index in [0.717, 1.165) is 27.7 Å². The Hall–Kier alpha value is -4.18. The quantitative estimate of drug-likeness (QED) is 0.106. The third-order valence-electron chi connectivity index (χ3n) is 5.06. The van der Waals surface area contributed by atoms with E-state index >= 15 is 0 Å². The molecule has 16 heteroatoms. The molecule has 1 aliphatic rings. The first-order valence-corrected chi connectivity index (χ1v) is 11.9. The van der Waals surface area contributed by atoms with E-state index in [2.05, 4.69) is 15.8 Å². The summed E-state index contributed by atoms with van der Waals surface area (Å²) in [5.74, 6) is -2.96. The van der Waals surface area contributed by atoms with E-state index in [1.54, 1.807) is 13.0 Å². The van der Waals surface area contributed by atoms with Crippen LogP contribution in [0.1, 0.15) is 40.2 Å². The van der Waals surface area contributed by atoms with Crippen LogP contribution in [0, 0.1) is 10.1 Å². The van der Waals surface area contributed by atoms with Crippen molar-refractivity contribution in [2.45, 2.75) is 65.3 Å². The van der Waals surface area contributed by atoms with Crippen molar-refractivity contribution in [3.63, 3.8) is 0 Å². The minimum Gasteiger partial charge on any atom is -0.463 e. The Bertz CT molecular complexity index is 1160. The number of nitro benzene ring substituents is 1. The van der Waals surface area contributed by atoms with Gasteiger partial charge in [-0.15, -0.1) is 0 Å². The Morgan fingerprint density at radius 3 is 2.13 bits per heavy atom. The van der Waals surface area contributed by atoms with Crippen LogP contribution in [0.3, 0.4) is 0 Å². The fourth-order valence-corrected chi connectivity index (χ4v) is 3.71. The summed E-state index contributed by atoms with van der Waals surface area (Å²) in [7, 11) is 0. The van der Waals surface area contributed by atoms with Gasteiger partial charge in [0.2, 0.25) is 0 Å². The number of carbonyl (C=O) groups is 4. The van der Waals surface area contributed by atoms with Crippen molar-refractivity contribution >= 4 is 52.6 Å². The highest BCUT2D eigenvalue weighted by Gasteiger charge is 2.52. The number of esters is 4. The summed E-state index contributed by atoms with van der Waals surface area (Å²) in [5.41, 5.74) is 3.23. The van der Waals surface area contributed by atoms with Crippen LogP contribution < -0.4 is 10.7 Å². The highest BCUT2D eigenvalue weighted by Crippen LogP contribution is 2.28. The molecular formula is C23H28N4O11S. The van der Waals surface area contributed by atoms with Crippen molar-refractivity contribution < 1.29 is 47.8 Å². The molecule has 0 radical (unpaired) electrons. The van der Waals surface area contributed by atoms with E-state index in [9.17, 15) is 29.3 Å². The van der Waals surface area contributed by atoms with Gasteiger partial charge in [-0.1, -0.05) is 12.1 Å². The predicted octanol–water partition coefficient (Wildman–Crippen LogP) is 0.866. The SMILES string of the molecule is CC(=O)OC[C@H]1O[C@@H](NC(=S)N/N=C(\C)c2cccc([N+](=O)[O-])c2)[C@H](OC(C)=O)[C@@H](OC(C)=O)[C@@H]1OC(C)=O. The van der Waals surface area contributed by atoms with Gasteiger partial charge in [0.25, 0.3) is 5.69 Å². The molecule has 5 atom stereocenters. The summed E-state index contributed by atoms with van der Waals surface area (Å²) in [5, 5.41) is 17.7. The number of rotatable bonds is 9. The maximum Gasteiger partial charge on any atom is 0.303 e. The molecule has 0 bridgehead atoms. The van der Waals surface area contributed by atoms with Crippen molar-refractivity contribution in [2.24, 2.45) is 5.10 Å². The molecule has 2 rings (SSSR count). The van der Waals surface area contributed by atoms with Gasteiger partial charge < -0.3 is 29.0 Å². The van der Waals surface area contributed by atoms with Crippen LogP contribution in [0.15, 0.2) is 29.4 Å². The fraction of sp³-hybridized carbons (Fsp3) is 0.478. The van der Waals surface area contributed by atoms with Crippen LogP contribution >= 0.6 is 12.2 Å². The minimum atomic E-state index is -1.37. The molecule has 0 saturated carbocycles. The van der Waals surface area contributed by atoms with Gasteiger partial charge in [-0.05, 0) is 19.1 Å². The average Bonchev–Trinajstić information content (AvgIpc) is 2.84. The number of non-ortho nitro benzene ring substituents is 1. The lowest BCUT2D eigenvalue weighted by atomic mass is 9.97. The van der Waals surface area contributed by atoms with Gasteiger partial charge in [0.15, 0.2) is 29.7 Å². The first kappa shape index (κ1) is 31.0. The molecule has 1 fully saturated rings. The van der Waals surface area contributed by atoms with Crippen molar-refractivity contribution in [1.29, 1.82) is 0 Å². The second-order valence-electron chi connectivity index (χ2n) is 8.21. The van der Waals surface area contributed by atoms with Crippen molar-refractivity contribution in [2.75, 3.05) is 6.61 Å². The topological polar surface area (TPSA) is 194 Å². The molecule has 0 spiro atoms. The Kier molecular flexibility index (Phi) is 11.2. The van der Waals surface area contributed by atoms with E-state index in [-0.39, 0.29) is 10.8 Å². The molecule has 0 aliphatic carbocycles. The Morgan fingerprint density at radius 1 is 0.974 bits per heavy atom. The molecule has 212 valence electrons. The molecule has 0 unspecified atom stereocenters. The third kappa shape index (κ3) is 9.57. The second kappa shape index (κ2) is 14.1. The summed E-state index contributed by atoms with van der Waals surface area (Å²) < 4.78 is 26.9. The maximum absolute atomic E-state index is 11.9. The number of hydrazone groups is 1. The number of ether oxygens (including phenoxy) is 5. The van der Waals surface area contributed by atoms with Crippen LogP contribution in [0.5, 0.6) is 0 Å². The van der Waals surface area contributed by atoms with Gasteiger partial charge in [0.1, 0.15) is 12.7 Å². The Balaban J connectivity index is 2.32. The van der Waals surface area contributed by atoms with Crippen molar-refractivity contribution in [3.8, 4) is 0 Å². The monoisotopic (exact) mass is 568 g/mol. The third-order valence-corrected chi connectivity index (χ3v) is 5.27. The van der Waals surface area contributed by atoms with Crippen LogP contribution in [0.25, 0.3) is 0 Å². The van der Waals surface area contributed by atoms with Gasteiger partial charge in [-0.25, -0.2) is 0 Å². The normalized spacial score (nSPS) is 22.6. The number of nitrogens with zero attached hydrogens (tertiary/aromatic N) is 2. The predicted molar refractivity (Wildman–Crippen MR) is 136 cm³/mol. The maximum atomic E-state index is 11.9. The molecule has 1 aromatic rings. The lowest BCUT2D eigenvalue weighted by Crippen LogP contribution is -2.66. The first-order chi connectivity index (χ1) is 18.3. The van der Waals surface area contributed by atoms with Crippen molar-refractivity contribution in [3.05, 3.63) is 39.9 Å². The van der Waals surface area contributed by atoms with Gasteiger partial charge >= 0.3 is 23.9 Å².